The van der Waals surface area contributed by atoms with Crippen LogP contribution in [-0.4, -0.2) is 11.1 Å². The maximum Gasteiger partial charge on any atom is 0.264 e. The van der Waals surface area contributed by atoms with Crippen molar-refractivity contribution in [3.05, 3.63) is 97.8 Å². The Morgan fingerprint density at radius 1 is 0.968 bits per heavy atom. The van der Waals surface area contributed by atoms with Gasteiger partial charge < -0.3 is 10.1 Å². The molecule has 31 heavy (non-hydrogen) atoms. The minimum absolute atomic E-state index is 0.218. The van der Waals surface area contributed by atoms with Gasteiger partial charge in [0.05, 0.1) is 20.6 Å². The Morgan fingerprint density at radius 3 is 2.45 bits per heavy atom. The Labute approximate surface area is 198 Å². The van der Waals surface area contributed by atoms with Crippen LogP contribution in [-0.2, 0) is 11.4 Å². The Hall–Kier alpha value is -2.44. The number of hydrogen-bond acceptors (Lipinski definition) is 4. The van der Waals surface area contributed by atoms with Crippen LogP contribution in [0.4, 0.5) is 5.69 Å². The van der Waals surface area contributed by atoms with Crippen LogP contribution in [0.15, 0.2) is 76.6 Å². The molecule has 1 heterocycles. The van der Waals surface area contributed by atoms with Gasteiger partial charge in [-0.1, -0.05) is 65.1 Å². The average molecular weight is 490 g/mol. The topological polar surface area (TPSA) is 50.7 Å². The molecule has 1 N–H and O–H groups in total. The maximum absolute atomic E-state index is 12.3. The van der Waals surface area contributed by atoms with E-state index < -0.39 is 0 Å². The van der Waals surface area contributed by atoms with Crippen LogP contribution in [0.25, 0.3) is 6.08 Å². The van der Waals surface area contributed by atoms with Gasteiger partial charge in [0.25, 0.3) is 5.91 Å². The highest BCUT2D eigenvalue weighted by Gasteiger charge is 2.24. The lowest BCUT2D eigenvalue weighted by molar-refractivity contribution is -0.115. The van der Waals surface area contributed by atoms with Crippen molar-refractivity contribution in [3.8, 4) is 5.75 Å². The molecule has 4 nitrogen and oxygen atoms in total. The van der Waals surface area contributed by atoms with Gasteiger partial charge in [0.1, 0.15) is 12.4 Å². The SMILES string of the molecule is O=C1NC(=Nc2cccc(Cl)c2Cl)SC1=Cc1ccc(OCc2ccc(Cl)cc2)cc1. The van der Waals surface area contributed by atoms with E-state index in [4.69, 9.17) is 39.5 Å². The minimum atomic E-state index is -0.218. The molecule has 0 bridgehead atoms. The molecule has 3 aromatic rings. The number of hydrogen-bond donors (Lipinski definition) is 1. The van der Waals surface area contributed by atoms with Crippen molar-refractivity contribution in [1.29, 1.82) is 0 Å². The van der Waals surface area contributed by atoms with Crippen LogP contribution in [0.1, 0.15) is 11.1 Å². The van der Waals surface area contributed by atoms with Gasteiger partial charge in [-0.05, 0) is 65.4 Å². The van der Waals surface area contributed by atoms with Crippen molar-refractivity contribution >= 4 is 69.4 Å². The molecule has 1 amide bonds. The quantitative estimate of drug-likeness (QED) is 0.388. The first-order valence-electron chi connectivity index (χ1n) is 9.19. The third kappa shape index (κ3) is 5.63. The molecule has 4 rings (SSSR count). The maximum atomic E-state index is 12.3. The van der Waals surface area contributed by atoms with E-state index in [2.05, 4.69) is 10.3 Å². The van der Waals surface area contributed by atoms with Crippen molar-refractivity contribution in [3.63, 3.8) is 0 Å². The van der Waals surface area contributed by atoms with Crippen molar-refractivity contribution in [2.75, 3.05) is 0 Å². The van der Waals surface area contributed by atoms with Gasteiger partial charge in [-0.15, -0.1) is 0 Å². The van der Waals surface area contributed by atoms with Gasteiger partial charge in [0.15, 0.2) is 5.17 Å². The summed E-state index contributed by atoms with van der Waals surface area (Å²) in [7, 11) is 0. The number of amidine groups is 1. The van der Waals surface area contributed by atoms with Crippen molar-refractivity contribution in [2.45, 2.75) is 6.61 Å². The van der Waals surface area contributed by atoms with E-state index in [-0.39, 0.29) is 5.91 Å². The lowest BCUT2D eigenvalue weighted by Gasteiger charge is -2.06. The molecule has 0 spiro atoms. The Balaban J connectivity index is 1.42. The summed E-state index contributed by atoms with van der Waals surface area (Å²) in [5.74, 6) is 0.517. The average Bonchev–Trinajstić information content (AvgIpc) is 3.10. The minimum Gasteiger partial charge on any atom is -0.489 e. The normalized spacial score (nSPS) is 16.0. The second kappa shape index (κ2) is 9.79. The van der Waals surface area contributed by atoms with Gasteiger partial charge in [0, 0.05) is 5.02 Å². The highest BCUT2D eigenvalue weighted by atomic mass is 35.5. The molecule has 3 aromatic carbocycles. The zero-order chi connectivity index (χ0) is 21.8. The first kappa shape index (κ1) is 21.8. The summed E-state index contributed by atoms with van der Waals surface area (Å²) in [5.41, 5.74) is 2.40. The highest BCUT2D eigenvalue weighted by molar-refractivity contribution is 8.18. The largest absolute Gasteiger partial charge is 0.489 e. The van der Waals surface area contributed by atoms with Crippen molar-refractivity contribution in [2.24, 2.45) is 4.99 Å². The van der Waals surface area contributed by atoms with Gasteiger partial charge in [-0.3, -0.25) is 4.79 Å². The van der Waals surface area contributed by atoms with Gasteiger partial charge in [-0.25, -0.2) is 4.99 Å². The summed E-state index contributed by atoms with van der Waals surface area (Å²) in [6.45, 7) is 0.446. The summed E-state index contributed by atoms with van der Waals surface area (Å²) in [6.07, 6.45) is 1.80. The third-order valence-corrected chi connectivity index (χ3v) is 6.27. The van der Waals surface area contributed by atoms with Gasteiger partial charge in [0.2, 0.25) is 0 Å². The van der Waals surface area contributed by atoms with E-state index in [9.17, 15) is 4.79 Å². The molecule has 1 aliphatic rings. The standard InChI is InChI=1S/C23H15Cl3N2O2S/c24-16-8-4-15(5-9-16)13-30-17-10-6-14(7-11-17)12-20-22(29)28-23(31-20)27-19-3-1-2-18(25)21(19)26/h1-12H,13H2,(H,27,28,29). The predicted molar refractivity (Wildman–Crippen MR) is 129 cm³/mol. The molecule has 0 aromatic heterocycles. The monoisotopic (exact) mass is 488 g/mol. The Kier molecular flexibility index (Phi) is 6.88. The molecule has 0 radical (unpaired) electrons. The lowest BCUT2D eigenvalue weighted by Crippen LogP contribution is -2.19. The van der Waals surface area contributed by atoms with Crippen LogP contribution < -0.4 is 10.1 Å². The highest BCUT2D eigenvalue weighted by Crippen LogP contribution is 2.34. The molecule has 1 saturated heterocycles. The number of amides is 1. The third-order valence-electron chi connectivity index (χ3n) is 4.30. The zero-order valence-corrected chi connectivity index (χ0v) is 19.0. The number of nitrogens with zero attached hydrogens (tertiary/aromatic N) is 1. The number of ether oxygens (including phenoxy) is 1. The van der Waals surface area contributed by atoms with Crippen LogP contribution in [0.3, 0.4) is 0 Å². The number of nitrogens with one attached hydrogen (secondary N) is 1. The molecule has 156 valence electrons. The molecule has 8 heteroatoms. The summed E-state index contributed by atoms with van der Waals surface area (Å²) >= 11 is 19.3. The Bertz CT molecular complexity index is 1180. The van der Waals surface area contributed by atoms with Gasteiger partial charge >= 0.3 is 0 Å². The summed E-state index contributed by atoms with van der Waals surface area (Å²) in [6, 6.07) is 20.2. The number of thioether (sulfide) groups is 1. The molecule has 1 aliphatic heterocycles. The molecule has 1 fully saturated rings. The van der Waals surface area contributed by atoms with Crippen LogP contribution in [0, 0.1) is 0 Å². The fourth-order valence-electron chi connectivity index (χ4n) is 2.73. The smallest absolute Gasteiger partial charge is 0.264 e. The number of carbonyl (C=O) groups excluding carboxylic acids is 1. The van der Waals surface area contributed by atoms with E-state index in [0.29, 0.717) is 37.4 Å². The van der Waals surface area contributed by atoms with Crippen LogP contribution >= 0.6 is 46.6 Å². The number of rotatable bonds is 5. The molecular weight excluding hydrogens is 475 g/mol. The second-order valence-corrected chi connectivity index (χ2v) is 8.79. The number of aliphatic imine (C=N–C) groups is 1. The van der Waals surface area contributed by atoms with Crippen molar-refractivity contribution < 1.29 is 9.53 Å². The van der Waals surface area contributed by atoms with E-state index >= 15 is 0 Å². The van der Waals surface area contributed by atoms with E-state index in [0.717, 1.165) is 16.9 Å². The Morgan fingerprint density at radius 2 is 1.71 bits per heavy atom. The molecule has 0 aliphatic carbocycles. The van der Waals surface area contributed by atoms with Crippen molar-refractivity contribution in [1.82, 2.24) is 5.32 Å². The van der Waals surface area contributed by atoms with E-state index in [1.165, 1.54) is 11.8 Å². The number of halogens is 3. The van der Waals surface area contributed by atoms with Crippen LogP contribution in [0.2, 0.25) is 15.1 Å². The number of carbonyl (C=O) groups is 1. The van der Waals surface area contributed by atoms with Crippen LogP contribution in [0.5, 0.6) is 5.75 Å². The second-order valence-electron chi connectivity index (χ2n) is 6.54. The first-order valence-corrected chi connectivity index (χ1v) is 11.1. The molecule has 0 unspecified atom stereocenters. The fraction of sp³-hybridized carbons (Fsp3) is 0.0435. The lowest BCUT2D eigenvalue weighted by atomic mass is 10.2. The molecule has 0 saturated carbocycles. The molecule has 0 atom stereocenters. The first-order chi connectivity index (χ1) is 15.0. The summed E-state index contributed by atoms with van der Waals surface area (Å²) < 4.78 is 5.79. The fourth-order valence-corrected chi connectivity index (χ4v) is 4.03. The van der Waals surface area contributed by atoms with Gasteiger partial charge in [-0.2, -0.15) is 0 Å². The van der Waals surface area contributed by atoms with E-state index in [1.807, 2.05) is 48.5 Å². The summed E-state index contributed by atoms with van der Waals surface area (Å²) in [4.78, 5) is 17.2. The predicted octanol–water partition coefficient (Wildman–Crippen LogP) is 7.12. The summed E-state index contributed by atoms with van der Waals surface area (Å²) in [5, 5.41) is 4.64. The van der Waals surface area contributed by atoms with E-state index in [1.54, 1.807) is 24.3 Å². The zero-order valence-electron chi connectivity index (χ0n) is 15.9. The number of benzene rings is 3. The molecular formula is C23H15Cl3N2O2S.